The van der Waals surface area contributed by atoms with Crippen molar-refractivity contribution >= 4 is 40.5 Å². The van der Waals surface area contributed by atoms with Gasteiger partial charge < -0.3 is 9.47 Å². The van der Waals surface area contributed by atoms with Gasteiger partial charge in [-0.05, 0) is 48.0 Å². The molecule has 29 heavy (non-hydrogen) atoms. The first-order valence-corrected chi connectivity index (χ1v) is 9.28. The van der Waals surface area contributed by atoms with Crippen molar-refractivity contribution in [2.24, 2.45) is 0 Å². The number of benzene rings is 1. The highest BCUT2D eigenvalue weighted by atomic mass is 32.1. The molecule has 3 rings (SSSR count). The topological polar surface area (TPSA) is 91.6 Å². The lowest BCUT2D eigenvalue weighted by molar-refractivity contribution is -0.380. The van der Waals surface area contributed by atoms with Gasteiger partial charge in [0, 0.05) is 23.2 Å². The molecule has 0 aliphatic carbocycles. The first-order valence-electron chi connectivity index (χ1n) is 8.46. The molecule has 146 valence electrons. The fourth-order valence-electron chi connectivity index (χ4n) is 2.35. The Bertz CT molecular complexity index is 1070. The minimum Gasteiger partial charge on any atom is -0.493 e. The van der Waals surface area contributed by atoms with E-state index in [9.17, 15) is 14.9 Å². The fraction of sp³-hybridized carbons (Fsp3) is 0.0476. The predicted molar refractivity (Wildman–Crippen MR) is 112 cm³/mol. The van der Waals surface area contributed by atoms with E-state index in [0.717, 1.165) is 22.6 Å². The summed E-state index contributed by atoms with van der Waals surface area (Å²) >= 11 is 0.971. The van der Waals surface area contributed by atoms with Crippen LogP contribution in [-0.2, 0) is 4.79 Å². The second-order valence-electron chi connectivity index (χ2n) is 5.69. The number of methoxy groups -OCH3 is 1. The molecule has 0 amide bonds. The normalized spacial score (nSPS) is 11.1. The number of carbonyl (C=O) groups is 1. The van der Waals surface area contributed by atoms with Crippen molar-refractivity contribution in [3.05, 3.63) is 87.1 Å². The highest BCUT2D eigenvalue weighted by molar-refractivity contribution is 7.16. The minimum atomic E-state index is -0.615. The van der Waals surface area contributed by atoms with Gasteiger partial charge in [0.2, 0.25) is 0 Å². The number of carbonyl (C=O) groups excluding carboxylic acids is 1. The van der Waals surface area contributed by atoms with Crippen LogP contribution in [-0.4, -0.2) is 23.0 Å². The SMILES string of the molecule is COc1cc(/C=C/c2ccccn2)ccc1OC(=O)/C=C/c1ccc([N+](=O)[O-])s1. The number of thiophene rings is 1. The largest absolute Gasteiger partial charge is 0.493 e. The minimum absolute atomic E-state index is 0.00836. The summed E-state index contributed by atoms with van der Waals surface area (Å²) in [6.45, 7) is 0. The molecule has 0 fully saturated rings. The highest BCUT2D eigenvalue weighted by Gasteiger charge is 2.10. The quantitative estimate of drug-likeness (QED) is 0.182. The second-order valence-corrected chi connectivity index (χ2v) is 6.78. The maximum Gasteiger partial charge on any atom is 0.336 e. The van der Waals surface area contributed by atoms with Gasteiger partial charge in [0.15, 0.2) is 11.5 Å². The van der Waals surface area contributed by atoms with Crippen LogP contribution >= 0.6 is 11.3 Å². The number of nitro groups is 1. The van der Waals surface area contributed by atoms with Crippen molar-refractivity contribution in [1.29, 1.82) is 0 Å². The van der Waals surface area contributed by atoms with Crippen molar-refractivity contribution in [2.45, 2.75) is 0 Å². The Morgan fingerprint density at radius 1 is 1.10 bits per heavy atom. The van der Waals surface area contributed by atoms with Gasteiger partial charge >= 0.3 is 11.0 Å². The van der Waals surface area contributed by atoms with Gasteiger partial charge in [-0.2, -0.15) is 0 Å². The molecule has 0 radical (unpaired) electrons. The standard InChI is InChI=1S/C21H16N2O5S/c1-27-19-14-15(5-7-16-4-2-3-13-22-16)6-10-18(19)28-21(24)12-9-17-8-11-20(29-17)23(25)26/h2-14H,1H3/b7-5+,12-9+. The van der Waals surface area contributed by atoms with Crippen LogP contribution in [0.2, 0.25) is 0 Å². The number of pyridine rings is 1. The molecule has 0 spiro atoms. The van der Waals surface area contributed by atoms with E-state index in [-0.39, 0.29) is 10.8 Å². The third-order valence-electron chi connectivity index (χ3n) is 3.71. The summed E-state index contributed by atoms with van der Waals surface area (Å²) in [4.78, 5) is 27.1. The lowest BCUT2D eigenvalue weighted by Crippen LogP contribution is -2.05. The van der Waals surface area contributed by atoms with Crippen molar-refractivity contribution in [3.8, 4) is 11.5 Å². The first-order chi connectivity index (χ1) is 14.0. The third kappa shape index (κ3) is 5.60. The van der Waals surface area contributed by atoms with E-state index in [4.69, 9.17) is 9.47 Å². The lowest BCUT2D eigenvalue weighted by atomic mass is 10.1. The maximum absolute atomic E-state index is 12.1. The van der Waals surface area contributed by atoms with Crippen LogP contribution < -0.4 is 9.47 Å². The number of nitrogens with zero attached hydrogens (tertiary/aromatic N) is 2. The molecular formula is C21H16N2O5S. The zero-order chi connectivity index (χ0) is 20.6. The lowest BCUT2D eigenvalue weighted by Gasteiger charge is -2.08. The third-order valence-corrected chi connectivity index (χ3v) is 4.71. The molecule has 0 saturated carbocycles. The van der Waals surface area contributed by atoms with Crippen molar-refractivity contribution < 1.29 is 19.2 Å². The monoisotopic (exact) mass is 408 g/mol. The molecule has 2 aromatic heterocycles. The van der Waals surface area contributed by atoms with Gasteiger partial charge in [-0.3, -0.25) is 15.1 Å². The van der Waals surface area contributed by atoms with Gasteiger partial charge in [-0.25, -0.2) is 4.79 Å². The molecule has 3 aromatic rings. The molecule has 2 heterocycles. The average Bonchev–Trinajstić information content (AvgIpc) is 3.22. The van der Waals surface area contributed by atoms with E-state index >= 15 is 0 Å². The van der Waals surface area contributed by atoms with E-state index in [0.29, 0.717) is 10.6 Å². The predicted octanol–water partition coefficient (Wildman–Crippen LogP) is 4.85. The van der Waals surface area contributed by atoms with E-state index in [1.165, 1.54) is 25.3 Å². The molecule has 0 saturated heterocycles. The van der Waals surface area contributed by atoms with E-state index in [2.05, 4.69) is 4.98 Å². The molecular weight excluding hydrogens is 392 g/mol. The Hall–Kier alpha value is -3.78. The molecule has 0 aliphatic rings. The summed E-state index contributed by atoms with van der Waals surface area (Å²) in [5, 5.41) is 10.7. The van der Waals surface area contributed by atoms with Gasteiger partial charge in [0.25, 0.3) is 0 Å². The summed E-state index contributed by atoms with van der Waals surface area (Å²) in [5.41, 5.74) is 1.68. The number of rotatable bonds is 7. The van der Waals surface area contributed by atoms with Gasteiger partial charge in [0.05, 0.1) is 17.7 Å². The summed E-state index contributed by atoms with van der Waals surface area (Å²) in [7, 11) is 1.49. The number of esters is 1. The highest BCUT2D eigenvalue weighted by Crippen LogP contribution is 2.29. The molecule has 0 bridgehead atoms. The molecule has 0 atom stereocenters. The first kappa shape index (κ1) is 20.0. The van der Waals surface area contributed by atoms with E-state index in [1.807, 2.05) is 30.4 Å². The molecule has 7 nitrogen and oxygen atoms in total. The average molecular weight is 408 g/mol. The zero-order valence-electron chi connectivity index (χ0n) is 15.3. The molecule has 0 N–H and O–H groups in total. The molecule has 0 unspecified atom stereocenters. The Morgan fingerprint density at radius 2 is 1.97 bits per heavy atom. The summed E-state index contributed by atoms with van der Waals surface area (Å²) in [6.07, 6.45) is 8.13. The van der Waals surface area contributed by atoms with Crippen LogP contribution in [0.5, 0.6) is 11.5 Å². The Balaban J connectivity index is 1.68. The summed E-state index contributed by atoms with van der Waals surface area (Å²) in [6, 6.07) is 13.8. The molecule has 8 heteroatoms. The second kappa shape index (κ2) is 9.43. The van der Waals surface area contributed by atoms with Gasteiger partial charge in [-0.1, -0.05) is 29.5 Å². The van der Waals surface area contributed by atoms with Gasteiger partial charge in [0.1, 0.15) is 0 Å². The van der Waals surface area contributed by atoms with Crippen LogP contribution in [0.25, 0.3) is 18.2 Å². The number of aromatic nitrogens is 1. The summed E-state index contributed by atoms with van der Waals surface area (Å²) in [5.74, 6) is 0.0621. The Kier molecular flexibility index (Phi) is 6.49. The van der Waals surface area contributed by atoms with Crippen LogP contribution in [0.1, 0.15) is 16.1 Å². The Labute approximate surface area is 170 Å². The fourth-order valence-corrected chi connectivity index (χ4v) is 3.08. The van der Waals surface area contributed by atoms with Crippen molar-refractivity contribution in [2.75, 3.05) is 7.11 Å². The van der Waals surface area contributed by atoms with Crippen LogP contribution in [0.15, 0.2) is 60.8 Å². The van der Waals surface area contributed by atoms with E-state index < -0.39 is 10.9 Å². The number of hydrogen-bond donors (Lipinski definition) is 0. The zero-order valence-corrected chi connectivity index (χ0v) is 16.2. The van der Waals surface area contributed by atoms with Crippen molar-refractivity contribution in [1.82, 2.24) is 4.98 Å². The van der Waals surface area contributed by atoms with Crippen molar-refractivity contribution in [3.63, 3.8) is 0 Å². The van der Waals surface area contributed by atoms with E-state index in [1.54, 1.807) is 30.5 Å². The summed E-state index contributed by atoms with van der Waals surface area (Å²) < 4.78 is 10.6. The smallest absolute Gasteiger partial charge is 0.336 e. The van der Waals surface area contributed by atoms with Crippen LogP contribution in [0, 0.1) is 10.1 Å². The number of hydrogen-bond acceptors (Lipinski definition) is 7. The molecule has 1 aromatic carbocycles. The van der Waals surface area contributed by atoms with Gasteiger partial charge in [-0.15, -0.1) is 0 Å². The van der Waals surface area contributed by atoms with Crippen LogP contribution in [0.3, 0.4) is 0 Å². The maximum atomic E-state index is 12.1. The number of ether oxygens (including phenoxy) is 2. The van der Waals surface area contributed by atoms with Crippen LogP contribution in [0.4, 0.5) is 5.00 Å². The molecule has 0 aliphatic heterocycles. The Morgan fingerprint density at radius 3 is 2.66 bits per heavy atom.